The van der Waals surface area contributed by atoms with Crippen molar-refractivity contribution in [3.05, 3.63) is 23.8 Å². The highest BCUT2D eigenvalue weighted by atomic mass is 19.4. The van der Waals surface area contributed by atoms with Crippen LogP contribution in [0.1, 0.15) is 19.4 Å². The number of hydrogen-bond acceptors (Lipinski definition) is 2. The minimum absolute atomic E-state index is 0.0948. The van der Waals surface area contributed by atoms with E-state index in [0.29, 0.717) is 0 Å². The highest BCUT2D eigenvalue weighted by Gasteiger charge is 2.38. The first-order valence-corrected chi connectivity index (χ1v) is 4.80. The Morgan fingerprint density at radius 3 is 2.29 bits per heavy atom. The Morgan fingerprint density at radius 1 is 1.29 bits per heavy atom. The summed E-state index contributed by atoms with van der Waals surface area (Å²) >= 11 is 0. The fourth-order valence-electron chi connectivity index (χ4n) is 0.819. The number of carbonyl (C=O) groups is 1. The average molecular weight is 252 g/mol. The summed E-state index contributed by atoms with van der Waals surface area (Å²) in [6.45, 7) is 5.24. The van der Waals surface area contributed by atoms with Crippen LogP contribution >= 0.6 is 0 Å². The normalized spacial score (nSPS) is 10.3. The van der Waals surface area contributed by atoms with Gasteiger partial charge in [-0.25, -0.2) is 4.39 Å². The quantitative estimate of drug-likeness (QED) is 0.780. The first-order valence-electron chi connectivity index (χ1n) is 4.80. The number of nitrogens with one attached hydrogen (secondary N) is 1. The van der Waals surface area contributed by atoms with E-state index >= 15 is 0 Å². The molecule has 3 nitrogen and oxygen atoms in total. The number of amides is 1. The summed E-state index contributed by atoms with van der Waals surface area (Å²) in [6, 6.07) is 0. The van der Waals surface area contributed by atoms with Gasteiger partial charge in [0, 0.05) is 5.56 Å². The van der Waals surface area contributed by atoms with Crippen molar-refractivity contribution in [2.75, 3.05) is 5.32 Å². The number of nitrogens with zero attached hydrogens (tertiary/aromatic N) is 1. The average Bonchev–Trinajstić information content (AvgIpc) is 2.26. The molecule has 0 radical (unpaired) electrons. The number of alkyl halides is 3. The summed E-state index contributed by atoms with van der Waals surface area (Å²) in [4.78, 5) is 13.8. The lowest BCUT2D eigenvalue weighted by molar-refractivity contribution is -0.167. The van der Waals surface area contributed by atoms with Crippen LogP contribution in [-0.2, 0) is 4.79 Å². The molecule has 0 bridgehead atoms. The molecular weight excluding hydrogens is 240 g/mol. The Labute approximate surface area is 95.9 Å². The zero-order valence-electron chi connectivity index (χ0n) is 9.52. The lowest BCUT2D eigenvalue weighted by Crippen LogP contribution is -2.30. The third-order valence-electron chi connectivity index (χ3n) is 1.66. The molecule has 0 saturated carbocycles. The molecule has 0 fully saturated rings. The summed E-state index contributed by atoms with van der Waals surface area (Å²) in [6.07, 6.45) is -3.21. The summed E-state index contributed by atoms with van der Waals surface area (Å²) in [5, 5.41) is 1.52. The number of halogens is 4. The van der Waals surface area contributed by atoms with Gasteiger partial charge in [-0.2, -0.15) is 13.2 Å². The van der Waals surface area contributed by atoms with E-state index in [9.17, 15) is 22.4 Å². The number of anilines is 1. The van der Waals surface area contributed by atoms with Crippen LogP contribution in [0.25, 0.3) is 0 Å². The van der Waals surface area contributed by atoms with Gasteiger partial charge in [-0.05, 0) is 6.92 Å². The van der Waals surface area contributed by atoms with E-state index < -0.39 is 17.9 Å². The van der Waals surface area contributed by atoms with E-state index in [1.54, 1.807) is 0 Å². The fraction of sp³-hybridized carbons (Fsp3) is 0.400. The molecule has 1 N–H and O–H groups in total. The lowest BCUT2D eigenvalue weighted by atomic mass is 10.2. The van der Waals surface area contributed by atoms with E-state index in [2.05, 4.69) is 4.98 Å². The molecule has 0 saturated heterocycles. The Bertz CT molecular complexity index is 390. The van der Waals surface area contributed by atoms with Gasteiger partial charge in [0.2, 0.25) is 0 Å². The van der Waals surface area contributed by atoms with Gasteiger partial charge >= 0.3 is 12.1 Å². The Balaban J connectivity index is 0.00000121. The zero-order valence-corrected chi connectivity index (χ0v) is 9.52. The van der Waals surface area contributed by atoms with E-state index in [-0.39, 0.29) is 11.3 Å². The van der Waals surface area contributed by atoms with Gasteiger partial charge in [-0.1, -0.05) is 13.8 Å². The Hall–Kier alpha value is -1.66. The van der Waals surface area contributed by atoms with Crippen molar-refractivity contribution in [3.63, 3.8) is 0 Å². The van der Waals surface area contributed by atoms with Crippen LogP contribution in [-0.4, -0.2) is 17.1 Å². The van der Waals surface area contributed by atoms with Crippen molar-refractivity contribution in [3.8, 4) is 0 Å². The van der Waals surface area contributed by atoms with Gasteiger partial charge in [0.15, 0.2) is 0 Å². The molecule has 1 rings (SSSR count). The maximum atomic E-state index is 12.8. The predicted octanol–water partition coefficient (Wildman–Crippen LogP) is 3.06. The third kappa shape index (κ3) is 4.38. The van der Waals surface area contributed by atoms with Crippen LogP contribution in [0.5, 0.6) is 0 Å². The van der Waals surface area contributed by atoms with Crippen molar-refractivity contribution in [2.24, 2.45) is 0 Å². The van der Waals surface area contributed by atoms with Crippen molar-refractivity contribution >= 4 is 11.6 Å². The second-order valence-electron chi connectivity index (χ2n) is 2.75. The van der Waals surface area contributed by atoms with Gasteiger partial charge < -0.3 is 5.32 Å². The van der Waals surface area contributed by atoms with Crippen LogP contribution in [0.2, 0.25) is 0 Å². The van der Waals surface area contributed by atoms with Gasteiger partial charge in [0.1, 0.15) is 5.82 Å². The molecule has 0 aromatic carbocycles. The minimum Gasteiger partial charge on any atom is -0.317 e. The van der Waals surface area contributed by atoms with E-state index in [1.165, 1.54) is 12.2 Å². The Morgan fingerprint density at radius 2 is 1.82 bits per heavy atom. The van der Waals surface area contributed by atoms with Crippen LogP contribution in [0.4, 0.5) is 23.2 Å². The largest absolute Gasteiger partial charge is 0.471 e. The van der Waals surface area contributed by atoms with Gasteiger partial charge in [0.25, 0.3) is 0 Å². The maximum Gasteiger partial charge on any atom is 0.471 e. The van der Waals surface area contributed by atoms with E-state index in [0.717, 1.165) is 12.4 Å². The molecule has 1 amide bonds. The van der Waals surface area contributed by atoms with Crippen LogP contribution in [0.15, 0.2) is 12.4 Å². The Kier molecular flexibility index (Phi) is 5.57. The third-order valence-corrected chi connectivity index (χ3v) is 1.66. The molecular formula is C10H12F4N2O. The number of hydrogen-bond donors (Lipinski definition) is 1. The number of pyridine rings is 1. The number of aromatic nitrogens is 1. The molecule has 0 aliphatic rings. The second kappa shape index (κ2) is 6.17. The first kappa shape index (κ1) is 15.3. The van der Waals surface area contributed by atoms with Crippen molar-refractivity contribution < 1.29 is 22.4 Å². The van der Waals surface area contributed by atoms with Crippen molar-refractivity contribution in [1.82, 2.24) is 4.98 Å². The molecule has 1 heterocycles. The number of rotatable bonds is 1. The molecule has 1 aromatic heterocycles. The SMILES string of the molecule is CC.Cc1c(F)cncc1NC(=O)C(F)(F)F. The lowest BCUT2D eigenvalue weighted by Gasteiger charge is -2.09. The monoisotopic (exact) mass is 252 g/mol. The van der Waals surface area contributed by atoms with Crippen molar-refractivity contribution in [1.29, 1.82) is 0 Å². The molecule has 17 heavy (non-hydrogen) atoms. The molecule has 0 atom stereocenters. The summed E-state index contributed by atoms with van der Waals surface area (Å²) in [5.74, 6) is -2.94. The molecule has 0 unspecified atom stereocenters. The van der Waals surface area contributed by atoms with Crippen molar-refractivity contribution in [2.45, 2.75) is 26.9 Å². The predicted molar refractivity (Wildman–Crippen MR) is 55.0 cm³/mol. The van der Waals surface area contributed by atoms with Gasteiger partial charge in [0.05, 0.1) is 18.1 Å². The molecule has 0 spiro atoms. The molecule has 0 aliphatic carbocycles. The molecule has 1 aromatic rings. The maximum absolute atomic E-state index is 12.8. The minimum atomic E-state index is -5.00. The van der Waals surface area contributed by atoms with Gasteiger partial charge in [-0.15, -0.1) is 0 Å². The smallest absolute Gasteiger partial charge is 0.317 e. The summed E-state index contributed by atoms with van der Waals surface area (Å²) < 4.78 is 48.4. The van der Waals surface area contributed by atoms with Crippen LogP contribution in [0, 0.1) is 12.7 Å². The zero-order chi connectivity index (χ0) is 13.6. The molecule has 7 heteroatoms. The van der Waals surface area contributed by atoms with Crippen LogP contribution in [0.3, 0.4) is 0 Å². The van der Waals surface area contributed by atoms with Gasteiger partial charge in [-0.3, -0.25) is 9.78 Å². The summed E-state index contributed by atoms with van der Waals surface area (Å²) in [7, 11) is 0. The topological polar surface area (TPSA) is 42.0 Å². The van der Waals surface area contributed by atoms with E-state index in [4.69, 9.17) is 0 Å². The standard InChI is InChI=1S/C8H6F4N2O.C2H6/c1-4-5(9)2-13-3-6(4)14-7(15)8(10,11)12;1-2/h2-3H,1H3,(H,14,15);1-2H3. The van der Waals surface area contributed by atoms with Crippen LogP contribution < -0.4 is 5.32 Å². The summed E-state index contributed by atoms with van der Waals surface area (Å²) in [5.41, 5.74) is -0.389. The fourth-order valence-corrected chi connectivity index (χ4v) is 0.819. The molecule has 0 aliphatic heterocycles. The van der Waals surface area contributed by atoms with E-state index in [1.807, 2.05) is 13.8 Å². The number of carbonyl (C=O) groups excluding carboxylic acids is 1. The second-order valence-corrected chi connectivity index (χ2v) is 2.75. The highest BCUT2D eigenvalue weighted by molar-refractivity contribution is 5.95. The first-order chi connectivity index (χ1) is 7.82. The molecule has 96 valence electrons. The highest BCUT2D eigenvalue weighted by Crippen LogP contribution is 2.20.